The molecule has 0 aromatic heterocycles. The molecule has 0 heterocycles. The first-order chi connectivity index (χ1) is 6.00. The normalized spacial score (nSPS) is 12.5. The lowest BCUT2D eigenvalue weighted by Crippen LogP contribution is -2.22. The van der Waals surface area contributed by atoms with Gasteiger partial charge in [0.15, 0.2) is 0 Å². The highest BCUT2D eigenvalue weighted by molar-refractivity contribution is 5.73. The fourth-order valence-electron chi connectivity index (χ4n) is 0.671. The van der Waals surface area contributed by atoms with E-state index in [0.717, 1.165) is 0 Å². The Morgan fingerprint density at radius 3 is 2.46 bits per heavy atom. The number of hydrogen-bond acceptors (Lipinski definition) is 1. The predicted octanol–water partition coefficient (Wildman–Crippen LogP) is 2.79. The van der Waals surface area contributed by atoms with Gasteiger partial charge in [-0.2, -0.15) is 0 Å². The molecule has 13 heavy (non-hydrogen) atoms. The minimum atomic E-state index is -0.773. The molecule has 0 rings (SSSR count). The number of carboxylic acids is 1. The molecule has 0 atom stereocenters. The Labute approximate surface area is 79.3 Å². The van der Waals surface area contributed by atoms with E-state index in [1.54, 1.807) is 26.0 Å². The minimum Gasteiger partial charge on any atom is -0.481 e. The number of allylic oxidation sites excluding steroid dienone is 5. The van der Waals surface area contributed by atoms with Crippen LogP contribution in [0.3, 0.4) is 0 Å². The molecule has 0 aromatic carbocycles. The first kappa shape index (κ1) is 11.7. The van der Waals surface area contributed by atoms with Gasteiger partial charge in [0.25, 0.3) is 0 Å². The van der Waals surface area contributed by atoms with Gasteiger partial charge in [0.2, 0.25) is 0 Å². The highest BCUT2D eigenvalue weighted by atomic mass is 16.4. The van der Waals surface area contributed by atoms with Crippen molar-refractivity contribution in [2.24, 2.45) is 5.41 Å². The van der Waals surface area contributed by atoms with Crippen LogP contribution in [0.4, 0.5) is 0 Å². The van der Waals surface area contributed by atoms with Crippen molar-refractivity contribution in [3.63, 3.8) is 0 Å². The molecule has 2 nitrogen and oxygen atoms in total. The summed E-state index contributed by atoms with van der Waals surface area (Å²) in [5.74, 6) is -0.773. The van der Waals surface area contributed by atoms with E-state index >= 15 is 0 Å². The number of carboxylic acid groups (broad SMARTS) is 1. The first-order valence-corrected chi connectivity index (χ1v) is 4.18. The molecule has 0 aliphatic carbocycles. The number of carbonyl (C=O) groups is 1. The van der Waals surface area contributed by atoms with Crippen LogP contribution in [0.1, 0.15) is 20.3 Å². The van der Waals surface area contributed by atoms with Crippen molar-refractivity contribution in [3.05, 3.63) is 37.0 Å². The molecule has 0 aliphatic rings. The Morgan fingerprint density at radius 2 is 2.00 bits per heavy atom. The number of rotatable bonds is 5. The lowest BCUT2D eigenvalue weighted by atomic mass is 9.89. The summed E-state index contributed by atoms with van der Waals surface area (Å²) < 4.78 is 0. The van der Waals surface area contributed by atoms with Crippen LogP contribution in [0.2, 0.25) is 0 Å². The summed E-state index contributed by atoms with van der Waals surface area (Å²) in [5, 5.41) is 8.78. The standard InChI is InChI=1S/C11H16O2/c1-4-5-6-7-8-9-11(2,3)10(12)13/h4-8H,1,9H2,2-3H3,(H,12,13)/b6-5-,8-7+. The van der Waals surface area contributed by atoms with E-state index in [2.05, 4.69) is 6.58 Å². The second-order valence-electron chi connectivity index (χ2n) is 3.44. The van der Waals surface area contributed by atoms with Crippen molar-refractivity contribution in [3.8, 4) is 0 Å². The van der Waals surface area contributed by atoms with Crippen molar-refractivity contribution in [1.82, 2.24) is 0 Å². The zero-order chi connectivity index (χ0) is 10.3. The predicted molar refractivity (Wildman–Crippen MR) is 54.5 cm³/mol. The van der Waals surface area contributed by atoms with Crippen LogP contribution < -0.4 is 0 Å². The summed E-state index contributed by atoms with van der Waals surface area (Å²) in [4.78, 5) is 10.7. The Morgan fingerprint density at radius 1 is 1.38 bits per heavy atom. The molecule has 2 heteroatoms. The molecule has 0 amide bonds. The maximum Gasteiger partial charge on any atom is 0.309 e. The van der Waals surface area contributed by atoms with Gasteiger partial charge in [0, 0.05) is 0 Å². The van der Waals surface area contributed by atoms with Gasteiger partial charge >= 0.3 is 5.97 Å². The Kier molecular flexibility index (Phi) is 4.82. The van der Waals surface area contributed by atoms with Crippen LogP contribution in [0.15, 0.2) is 37.0 Å². The van der Waals surface area contributed by atoms with Gasteiger partial charge in [-0.15, -0.1) is 0 Å². The van der Waals surface area contributed by atoms with Crippen molar-refractivity contribution in [2.75, 3.05) is 0 Å². The highest BCUT2D eigenvalue weighted by Gasteiger charge is 2.24. The van der Waals surface area contributed by atoms with Crippen molar-refractivity contribution >= 4 is 5.97 Å². The number of aliphatic carboxylic acids is 1. The molecule has 0 aromatic rings. The van der Waals surface area contributed by atoms with Crippen LogP contribution >= 0.6 is 0 Å². The van der Waals surface area contributed by atoms with Crippen LogP contribution in [-0.2, 0) is 4.79 Å². The molecule has 0 bridgehead atoms. The smallest absolute Gasteiger partial charge is 0.309 e. The lowest BCUT2D eigenvalue weighted by Gasteiger charge is -2.15. The fourth-order valence-corrected chi connectivity index (χ4v) is 0.671. The van der Waals surface area contributed by atoms with Gasteiger partial charge in [-0.25, -0.2) is 0 Å². The second-order valence-corrected chi connectivity index (χ2v) is 3.44. The summed E-state index contributed by atoms with van der Waals surface area (Å²) in [6.45, 7) is 6.93. The topological polar surface area (TPSA) is 37.3 Å². The lowest BCUT2D eigenvalue weighted by molar-refractivity contribution is -0.146. The maximum atomic E-state index is 10.7. The summed E-state index contributed by atoms with van der Waals surface area (Å²) in [5.41, 5.74) is -0.682. The Hall–Kier alpha value is -1.31. The number of hydrogen-bond donors (Lipinski definition) is 1. The summed E-state index contributed by atoms with van der Waals surface area (Å²) >= 11 is 0. The van der Waals surface area contributed by atoms with Crippen molar-refractivity contribution < 1.29 is 9.90 Å². The van der Waals surface area contributed by atoms with Gasteiger partial charge in [-0.1, -0.05) is 37.0 Å². The third-order valence-corrected chi connectivity index (χ3v) is 1.70. The zero-order valence-electron chi connectivity index (χ0n) is 8.16. The van der Waals surface area contributed by atoms with Crippen LogP contribution in [-0.4, -0.2) is 11.1 Å². The van der Waals surface area contributed by atoms with Gasteiger partial charge in [0.05, 0.1) is 5.41 Å². The molecule has 0 unspecified atom stereocenters. The van der Waals surface area contributed by atoms with E-state index in [1.165, 1.54) is 0 Å². The molecule has 1 N–H and O–H groups in total. The van der Waals surface area contributed by atoms with Crippen LogP contribution in [0, 0.1) is 5.41 Å². The summed E-state index contributed by atoms with van der Waals surface area (Å²) in [6.07, 6.45) is 9.49. The summed E-state index contributed by atoms with van der Waals surface area (Å²) in [6, 6.07) is 0. The average molecular weight is 180 g/mol. The molecule has 0 radical (unpaired) electrons. The first-order valence-electron chi connectivity index (χ1n) is 4.18. The Balaban J connectivity index is 4.01. The van der Waals surface area contributed by atoms with Gasteiger partial charge < -0.3 is 5.11 Å². The average Bonchev–Trinajstić information content (AvgIpc) is 2.03. The largest absolute Gasteiger partial charge is 0.481 e. The van der Waals surface area contributed by atoms with Crippen molar-refractivity contribution in [1.29, 1.82) is 0 Å². The highest BCUT2D eigenvalue weighted by Crippen LogP contribution is 2.20. The third-order valence-electron chi connectivity index (χ3n) is 1.70. The van der Waals surface area contributed by atoms with Gasteiger partial charge in [-0.05, 0) is 20.3 Å². The molecule has 0 fully saturated rings. The van der Waals surface area contributed by atoms with E-state index in [9.17, 15) is 4.79 Å². The minimum absolute atomic E-state index is 0.532. The molecule has 72 valence electrons. The van der Waals surface area contributed by atoms with Gasteiger partial charge in [-0.3, -0.25) is 4.79 Å². The second kappa shape index (κ2) is 5.36. The van der Waals surface area contributed by atoms with Crippen LogP contribution in [0.5, 0.6) is 0 Å². The van der Waals surface area contributed by atoms with E-state index in [0.29, 0.717) is 6.42 Å². The fraction of sp³-hybridized carbons (Fsp3) is 0.364. The zero-order valence-corrected chi connectivity index (χ0v) is 8.16. The van der Waals surface area contributed by atoms with E-state index in [4.69, 9.17) is 5.11 Å². The third kappa shape index (κ3) is 5.01. The maximum absolute atomic E-state index is 10.7. The van der Waals surface area contributed by atoms with E-state index in [1.807, 2.05) is 18.2 Å². The molecule has 0 saturated heterocycles. The Bertz CT molecular complexity index is 234. The van der Waals surface area contributed by atoms with Crippen molar-refractivity contribution in [2.45, 2.75) is 20.3 Å². The quantitative estimate of drug-likeness (QED) is 0.660. The van der Waals surface area contributed by atoms with Gasteiger partial charge in [0.1, 0.15) is 0 Å². The SMILES string of the molecule is C=C/C=C\C=C\CC(C)(C)C(=O)O. The summed E-state index contributed by atoms with van der Waals surface area (Å²) in [7, 11) is 0. The van der Waals surface area contributed by atoms with E-state index in [-0.39, 0.29) is 0 Å². The monoisotopic (exact) mass is 180 g/mol. The molecule has 0 saturated carbocycles. The molecular formula is C11H16O2. The molecule has 0 spiro atoms. The molecular weight excluding hydrogens is 164 g/mol. The van der Waals surface area contributed by atoms with Crippen LogP contribution in [0.25, 0.3) is 0 Å². The molecule has 0 aliphatic heterocycles. The van der Waals surface area contributed by atoms with E-state index < -0.39 is 11.4 Å².